The maximum absolute atomic E-state index is 8.56. The molecule has 50 valence electrons. The molecule has 0 aliphatic carbocycles. The Hall–Kier alpha value is -0.800. The second-order valence-corrected chi connectivity index (χ2v) is 0.283. The van der Waals surface area contributed by atoms with E-state index in [4.69, 9.17) is 20.3 Å². The smallest absolute Gasteiger partial charge is 0.450 e. The van der Waals surface area contributed by atoms with Gasteiger partial charge < -0.3 is 15.7 Å². The normalized spacial score (nSPS) is 3.25. The molecule has 0 fully saturated rings. The van der Waals surface area contributed by atoms with Crippen LogP contribution in [0.3, 0.4) is 0 Å². The fourth-order valence-electron chi connectivity index (χ4n) is 0. The SMILES string of the molecule is Br.C#N.O.O=C(O)O. The summed E-state index contributed by atoms with van der Waals surface area (Å²) < 4.78 is 0. The van der Waals surface area contributed by atoms with E-state index in [1.807, 2.05) is 0 Å². The molecule has 8 heavy (non-hydrogen) atoms. The lowest BCUT2D eigenvalue weighted by Gasteiger charge is -1.60. The zero-order valence-corrected chi connectivity index (χ0v) is 5.45. The van der Waals surface area contributed by atoms with Crippen LogP contribution < -0.4 is 0 Å². The Kier molecular flexibility index (Phi) is 117. The molecule has 0 bridgehead atoms. The summed E-state index contributed by atoms with van der Waals surface area (Å²) in [7, 11) is 0. The lowest BCUT2D eigenvalue weighted by atomic mass is 11.5. The molecular formula is C2H6BrNO4. The Morgan fingerprint density at radius 2 is 1.38 bits per heavy atom. The molecule has 0 aromatic carbocycles. The number of halogens is 1. The highest BCUT2D eigenvalue weighted by molar-refractivity contribution is 8.93. The van der Waals surface area contributed by atoms with E-state index in [0.717, 1.165) is 0 Å². The van der Waals surface area contributed by atoms with Crippen LogP contribution in [0.4, 0.5) is 4.79 Å². The van der Waals surface area contributed by atoms with Crippen LogP contribution in [-0.2, 0) is 0 Å². The fraction of sp³-hybridized carbons (Fsp3) is 0. The van der Waals surface area contributed by atoms with E-state index in [9.17, 15) is 0 Å². The van der Waals surface area contributed by atoms with Crippen LogP contribution in [0, 0.1) is 11.8 Å². The Bertz CT molecular complexity index is 58.3. The summed E-state index contributed by atoms with van der Waals surface area (Å²) in [6.07, 6.45) is -1.83. The minimum absolute atomic E-state index is 0. The first-order chi connectivity index (χ1) is 2.73. The summed E-state index contributed by atoms with van der Waals surface area (Å²) in [5.74, 6) is 0. The second-order valence-electron chi connectivity index (χ2n) is 0.283. The van der Waals surface area contributed by atoms with Crippen molar-refractivity contribution in [3.63, 3.8) is 0 Å². The van der Waals surface area contributed by atoms with E-state index < -0.39 is 6.16 Å². The van der Waals surface area contributed by atoms with Crippen molar-refractivity contribution in [3.8, 4) is 6.57 Å². The highest BCUT2D eigenvalue weighted by atomic mass is 79.9. The summed E-state index contributed by atoms with van der Waals surface area (Å²) >= 11 is 0. The van der Waals surface area contributed by atoms with Crippen molar-refractivity contribution in [2.75, 3.05) is 0 Å². The molecule has 0 aliphatic rings. The molecule has 0 saturated carbocycles. The lowest BCUT2D eigenvalue weighted by Crippen LogP contribution is -1.81. The molecule has 0 amide bonds. The molecule has 0 aromatic rings. The van der Waals surface area contributed by atoms with Gasteiger partial charge in [-0.25, -0.2) is 10.1 Å². The van der Waals surface area contributed by atoms with Crippen molar-refractivity contribution in [3.05, 3.63) is 0 Å². The Morgan fingerprint density at radius 3 is 1.38 bits per heavy atom. The first-order valence-electron chi connectivity index (χ1n) is 0.910. The Labute approximate surface area is 56.2 Å². The summed E-state index contributed by atoms with van der Waals surface area (Å²) in [6.45, 7) is 3.50. The highest BCUT2D eigenvalue weighted by Crippen LogP contribution is 1.42. The van der Waals surface area contributed by atoms with Crippen molar-refractivity contribution in [2.45, 2.75) is 0 Å². The molecule has 6 heteroatoms. The number of nitriles is 1. The molecule has 0 rings (SSSR count). The van der Waals surface area contributed by atoms with Crippen LogP contribution in [0.1, 0.15) is 0 Å². The summed E-state index contributed by atoms with van der Waals surface area (Å²) in [4.78, 5) is 8.56. The zero-order valence-electron chi connectivity index (χ0n) is 3.74. The van der Waals surface area contributed by atoms with Gasteiger partial charge in [0.05, 0.1) is 0 Å². The lowest BCUT2D eigenvalue weighted by molar-refractivity contribution is 0.137. The largest absolute Gasteiger partial charge is 0.503 e. The number of nitrogens with zero attached hydrogens (tertiary/aromatic N) is 1. The third-order valence-electron chi connectivity index (χ3n) is 0. The van der Waals surface area contributed by atoms with Gasteiger partial charge in [0.2, 0.25) is 0 Å². The van der Waals surface area contributed by atoms with Gasteiger partial charge in [0.25, 0.3) is 0 Å². The van der Waals surface area contributed by atoms with Crippen LogP contribution in [0.5, 0.6) is 0 Å². The number of carbonyl (C=O) groups is 1. The minimum Gasteiger partial charge on any atom is -0.450 e. The van der Waals surface area contributed by atoms with Crippen molar-refractivity contribution < 1.29 is 20.5 Å². The fourth-order valence-corrected chi connectivity index (χ4v) is 0. The van der Waals surface area contributed by atoms with Crippen molar-refractivity contribution in [1.82, 2.24) is 0 Å². The number of carboxylic acid groups (broad SMARTS) is 2. The van der Waals surface area contributed by atoms with Crippen LogP contribution in [-0.4, -0.2) is 21.8 Å². The molecule has 0 aromatic heterocycles. The predicted octanol–water partition coefficient (Wildman–Crippen LogP) is 0.115. The predicted molar refractivity (Wildman–Crippen MR) is 31.3 cm³/mol. The Balaban J connectivity index is -0.0000000183. The standard InChI is InChI=1S/CHN.CH2O3.BrH.H2O/c1-2;2-1(3)4;;/h1H;(H2,2,3,4);1H;1H2. The topological polar surface area (TPSA) is 113 Å². The summed E-state index contributed by atoms with van der Waals surface area (Å²) in [5, 5.41) is 20.4. The monoisotopic (exact) mass is 187 g/mol. The van der Waals surface area contributed by atoms with Crippen LogP contribution in [0.15, 0.2) is 0 Å². The van der Waals surface area contributed by atoms with Crippen molar-refractivity contribution in [2.24, 2.45) is 0 Å². The van der Waals surface area contributed by atoms with Gasteiger partial charge in [0, 0.05) is 6.57 Å². The van der Waals surface area contributed by atoms with E-state index in [-0.39, 0.29) is 22.5 Å². The van der Waals surface area contributed by atoms with Crippen LogP contribution >= 0.6 is 17.0 Å². The number of hydrogen-bond acceptors (Lipinski definition) is 2. The number of rotatable bonds is 0. The second kappa shape index (κ2) is 34.6. The third-order valence-corrected chi connectivity index (χ3v) is 0. The Morgan fingerprint density at radius 1 is 1.38 bits per heavy atom. The highest BCUT2D eigenvalue weighted by Gasteiger charge is 1.70. The van der Waals surface area contributed by atoms with Gasteiger partial charge in [-0.1, -0.05) is 0 Å². The van der Waals surface area contributed by atoms with Gasteiger partial charge >= 0.3 is 6.16 Å². The maximum atomic E-state index is 8.56. The van der Waals surface area contributed by atoms with Crippen LogP contribution in [0.25, 0.3) is 0 Å². The third kappa shape index (κ3) is 143. The first-order valence-corrected chi connectivity index (χ1v) is 0.910. The van der Waals surface area contributed by atoms with Gasteiger partial charge in [0.1, 0.15) is 0 Å². The molecule has 5 nitrogen and oxygen atoms in total. The molecule has 0 atom stereocenters. The first kappa shape index (κ1) is 27.0. The van der Waals surface area contributed by atoms with Gasteiger partial charge in [-0.2, -0.15) is 0 Å². The maximum Gasteiger partial charge on any atom is 0.503 e. The van der Waals surface area contributed by atoms with E-state index in [0.29, 0.717) is 0 Å². The van der Waals surface area contributed by atoms with Gasteiger partial charge in [-0.3, -0.25) is 0 Å². The molecule has 0 aliphatic heterocycles. The minimum atomic E-state index is -1.83. The summed E-state index contributed by atoms with van der Waals surface area (Å²) in [6, 6.07) is 0. The zero-order chi connectivity index (χ0) is 5.58. The average molecular weight is 188 g/mol. The quantitative estimate of drug-likeness (QED) is 0.561. The molecule has 0 spiro atoms. The average Bonchev–Trinajstić information content (AvgIpc) is 1.41. The molecule has 0 radical (unpaired) electrons. The van der Waals surface area contributed by atoms with E-state index in [1.54, 1.807) is 0 Å². The van der Waals surface area contributed by atoms with Gasteiger partial charge in [-0.15, -0.1) is 17.0 Å². The van der Waals surface area contributed by atoms with E-state index >= 15 is 0 Å². The van der Waals surface area contributed by atoms with Gasteiger partial charge in [-0.05, 0) is 0 Å². The number of hydrogen-bond donors (Lipinski definition) is 2. The molecular weight excluding hydrogens is 182 g/mol. The molecule has 0 heterocycles. The molecule has 0 unspecified atom stereocenters. The molecule has 0 saturated heterocycles. The van der Waals surface area contributed by atoms with Crippen molar-refractivity contribution in [1.29, 1.82) is 5.26 Å². The van der Waals surface area contributed by atoms with Gasteiger partial charge in [0.15, 0.2) is 0 Å². The molecule has 4 N–H and O–H groups in total. The van der Waals surface area contributed by atoms with Crippen LogP contribution in [0.2, 0.25) is 0 Å². The van der Waals surface area contributed by atoms with Crippen molar-refractivity contribution >= 4 is 23.1 Å². The van der Waals surface area contributed by atoms with E-state index in [2.05, 4.69) is 6.57 Å². The summed E-state index contributed by atoms with van der Waals surface area (Å²) in [5.41, 5.74) is 0. The van der Waals surface area contributed by atoms with E-state index in [1.165, 1.54) is 0 Å².